The summed E-state index contributed by atoms with van der Waals surface area (Å²) in [4.78, 5) is 0. The van der Waals surface area contributed by atoms with Crippen LogP contribution in [-0.2, 0) is 0 Å². The van der Waals surface area contributed by atoms with Crippen LogP contribution in [0.25, 0.3) is 0 Å². The first-order valence-corrected chi connectivity index (χ1v) is 3.83. The lowest BCUT2D eigenvalue weighted by Crippen LogP contribution is -1.99. The monoisotopic (exact) mass is 182 g/mol. The largest absolute Gasteiger partial charge is 0.494 e. The average Bonchev–Trinajstić information content (AvgIpc) is 2.17. The molecule has 0 spiro atoms. The highest BCUT2D eigenvalue weighted by atomic mass is 19.1. The van der Waals surface area contributed by atoms with Crippen molar-refractivity contribution in [3.8, 4) is 5.75 Å². The van der Waals surface area contributed by atoms with Crippen LogP contribution in [0, 0.1) is 5.82 Å². The predicted molar refractivity (Wildman–Crippen MR) is 48.1 cm³/mol. The van der Waals surface area contributed by atoms with Crippen LogP contribution < -0.4 is 4.74 Å². The minimum atomic E-state index is -0.991. The maximum Gasteiger partial charge on any atom is 0.171 e. The second-order valence-corrected chi connectivity index (χ2v) is 2.54. The van der Waals surface area contributed by atoms with Crippen molar-refractivity contribution in [1.82, 2.24) is 0 Å². The zero-order valence-electron chi connectivity index (χ0n) is 7.33. The molecule has 1 rings (SSSR count). The molecule has 0 radical (unpaired) electrons. The van der Waals surface area contributed by atoms with Crippen molar-refractivity contribution in [1.29, 1.82) is 0 Å². The van der Waals surface area contributed by atoms with E-state index in [1.807, 2.05) is 0 Å². The Kier molecular flexibility index (Phi) is 3.03. The third kappa shape index (κ3) is 1.87. The Hall–Kier alpha value is -1.35. The maximum atomic E-state index is 13.4. The molecule has 0 aliphatic rings. The maximum absolute atomic E-state index is 13.4. The van der Waals surface area contributed by atoms with Crippen LogP contribution >= 0.6 is 0 Å². The molecule has 1 aromatic rings. The third-order valence-corrected chi connectivity index (χ3v) is 1.75. The molecule has 0 bridgehead atoms. The Balaban J connectivity index is 3.14. The van der Waals surface area contributed by atoms with Crippen LogP contribution in [0.15, 0.2) is 30.9 Å². The van der Waals surface area contributed by atoms with E-state index in [2.05, 4.69) is 6.58 Å². The molecule has 1 aromatic carbocycles. The van der Waals surface area contributed by atoms with Crippen molar-refractivity contribution >= 4 is 0 Å². The van der Waals surface area contributed by atoms with Gasteiger partial charge < -0.3 is 9.84 Å². The highest BCUT2D eigenvalue weighted by molar-refractivity contribution is 5.33. The normalized spacial score (nSPS) is 12.2. The predicted octanol–water partition coefficient (Wildman–Crippen LogP) is 2.05. The zero-order chi connectivity index (χ0) is 9.84. The lowest BCUT2D eigenvalue weighted by Gasteiger charge is -2.09. The van der Waals surface area contributed by atoms with Gasteiger partial charge in [-0.25, -0.2) is 4.39 Å². The first-order chi connectivity index (χ1) is 6.20. The molecule has 2 nitrogen and oxygen atoms in total. The lowest BCUT2D eigenvalue weighted by atomic mass is 10.1. The van der Waals surface area contributed by atoms with Gasteiger partial charge in [0.1, 0.15) is 0 Å². The van der Waals surface area contributed by atoms with E-state index >= 15 is 0 Å². The van der Waals surface area contributed by atoms with Gasteiger partial charge in [-0.05, 0) is 6.07 Å². The van der Waals surface area contributed by atoms with E-state index in [0.29, 0.717) is 0 Å². The van der Waals surface area contributed by atoms with Crippen LogP contribution in [0.4, 0.5) is 4.39 Å². The Morgan fingerprint density at radius 2 is 2.31 bits per heavy atom. The van der Waals surface area contributed by atoms with Gasteiger partial charge in [-0.3, -0.25) is 0 Å². The number of aliphatic hydroxyl groups is 1. The molecule has 0 fully saturated rings. The van der Waals surface area contributed by atoms with Gasteiger partial charge in [-0.1, -0.05) is 18.2 Å². The van der Waals surface area contributed by atoms with E-state index in [-0.39, 0.29) is 11.3 Å². The van der Waals surface area contributed by atoms with Gasteiger partial charge in [0.05, 0.1) is 13.2 Å². The van der Waals surface area contributed by atoms with Gasteiger partial charge in [0, 0.05) is 5.56 Å². The smallest absolute Gasteiger partial charge is 0.171 e. The van der Waals surface area contributed by atoms with E-state index in [1.54, 1.807) is 6.07 Å². The van der Waals surface area contributed by atoms with Crippen molar-refractivity contribution in [3.05, 3.63) is 42.2 Å². The van der Waals surface area contributed by atoms with Gasteiger partial charge in [0.25, 0.3) is 0 Å². The number of benzene rings is 1. The van der Waals surface area contributed by atoms with Gasteiger partial charge in [0.15, 0.2) is 11.6 Å². The fourth-order valence-corrected chi connectivity index (χ4v) is 1.04. The summed E-state index contributed by atoms with van der Waals surface area (Å²) in [6.07, 6.45) is 0.271. The molecule has 70 valence electrons. The van der Waals surface area contributed by atoms with Crippen LogP contribution in [0.5, 0.6) is 5.75 Å². The summed E-state index contributed by atoms with van der Waals surface area (Å²) >= 11 is 0. The summed E-state index contributed by atoms with van der Waals surface area (Å²) in [7, 11) is 1.38. The number of hydrogen-bond acceptors (Lipinski definition) is 2. The van der Waals surface area contributed by atoms with Crippen LogP contribution in [-0.4, -0.2) is 12.2 Å². The van der Waals surface area contributed by atoms with E-state index in [4.69, 9.17) is 4.74 Å². The van der Waals surface area contributed by atoms with E-state index < -0.39 is 11.9 Å². The van der Waals surface area contributed by atoms with E-state index in [1.165, 1.54) is 25.3 Å². The molecule has 0 aromatic heterocycles. The summed E-state index contributed by atoms with van der Waals surface area (Å²) in [6, 6.07) is 4.60. The second-order valence-electron chi connectivity index (χ2n) is 2.54. The van der Waals surface area contributed by atoms with Gasteiger partial charge in [-0.15, -0.1) is 6.58 Å². The number of aliphatic hydroxyl groups excluding tert-OH is 1. The number of ether oxygens (including phenoxy) is 1. The molecule has 0 saturated carbocycles. The van der Waals surface area contributed by atoms with Gasteiger partial charge in [-0.2, -0.15) is 0 Å². The number of rotatable bonds is 3. The molecular weight excluding hydrogens is 171 g/mol. The fourth-order valence-electron chi connectivity index (χ4n) is 1.04. The van der Waals surface area contributed by atoms with Crippen LogP contribution in [0.2, 0.25) is 0 Å². The topological polar surface area (TPSA) is 29.5 Å². The second kappa shape index (κ2) is 4.05. The Bertz CT molecular complexity index is 310. The molecule has 0 aliphatic heterocycles. The van der Waals surface area contributed by atoms with Crippen molar-refractivity contribution in [2.45, 2.75) is 6.10 Å². The molecule has 0 saturated heterocycles. The summed E-state index contributed by atoms with van der Waals surface area (Å²) < 4.78 is 18.1. The van der Waals surface area contributed by atoms with Crippen molar-refractivity contribution in [3.63, 3.8) is 0 Å². The number of halogens is 1. The molecule has 13 heavy (non-hydrogen) atoms. The first kappa shape index (κ1) is 9.74. The fraction of sp³-hybridized carbons (Fsp3) is 0.200. The third-order valence-electron chi connectivity index (χ3n) is 1.75. The van der Waals surface area contributed by atoms with Crippen LogP contribution in [0.3, 0.4) is 0 Å². The molecule has 0 aliphatic carbocycles. The van der Waals surface area contributed by atoms with Gasteiger partial charge in [0.2, 0.25) is 0 Å². The molecule has 1 unspecified atom stereocenters. The minimum absolute atomic E-state index is 0.124. The molecule has 1 N–H and O–H groups in total. The average molecular weight is 182 g/mol. The Morgan fingerprint density at radius 3 is 2.85 bits per heavy atom. The molecule has 0 amide bonds. The van der Waals surface area contributed by atoms with Crippen molar-refractivity contribution in [2.24, 2.45) is 0 Å². The lowest BCUT2D eigenvalue weighted by molar-refractivity contribution is 0.222. The van der Waals surface area contributed by atoms with Gasteiger partial charge >= 0.3 is 0 Å². The van der Waals surface area contributed by atoms with E-state index in [0.717, 1.165) is 0 Å². The Morgan fingerprint density at radius 1 is 1.62 bits per heavy atom. The van der Waals surface area contributed by atoms with Crippen LogP contribution in [0.1, 0.15) is 11.7 Å². The number of methoxy groups -OCH3 is 1. The SMILES string of the molecule is C=CC(O)c1cccc(OC)c1F. The standard InChI is InChI=1S/C10H11FO2/c1-3-8(12)7-5-4-6-9(13-2)10(7)11/h3-6,8,12H,1H2,2H3. The van der Waals surface area contributed by atoms with E-state index in [9.17, 15) is 9.50 Å². The highest BCUT2D eigenvalue weighted by Crippen LogP contribution is 2.25. The number of hydrogen-bond donors (Lipinski definition) is 1. The summed E-state index contributed by atoms with van der Waals surface area (Å²) in [5, 5.41) is 9.32. The summed E-state index contributed by atoms with van der Waals surface area (Å²) in [6.45, 7) is 3.38. The molecule has 0 heterocycles. The van der Waals surface area contributed by atoms with Crippen molar-refractivity contribution < 1.29 is 14.2 Å². The summed E-state index contributed by atoms with van der Waals surface area (Å²) in [5.41, 5.74) is 0.175. The first-order valence-electron chi connectivity index (χ1n) is 3.83. The Labute approximate surface area is 76.3 Å². The highest BCUT2D eigenvalue weighted by Gasteiger charge is 2.12. The summed E-state index contributed by atoms with van der Waals surface area (Å²) in [5.74, 6) is -0.421. The molecule has 3 heteroatoms. The quantitative estimate of drug-likeness (QED) is 0.725. The molecule has 1 atom stereocenters. The zero-order valence-corrected chi connectivity index (χ0v) is 7.33. The van der Waals surface area contributed by atoms with Crippen molar-refractivity contribution in [2.75, 3.05) is 7.11 Å². The molecular formula is C10H11FO2. The minimum Gasteiger partial charge on any atom is -0.494 e.